The number of piperidine rings is 1. The van der Waals surface area contributed by atoms with Crippen molar-refractivity contribution in [3.8, 4) is 0 Å². The SMILES string of the molecule is CCCCCC1CN(CC2CCNCC2)CC1C(=O)O. The Kier molecular flexibility index (Phi) is 6.30. The highest BCUT2D eigenvalue weighted by Crippen LogP contribution is 2.29. The Labute approximate surface area is 122 Å². The van der Waals surface area contributed by atoms with Crippen molar-refractivity contribution >= 4 is 5.97 Å². The van der Waals surface area contributed by atoms with Crippen molar-refractivity contribution in [2.45, 2.75) is 45.4 Å². The number of aliphatic carboxylic acids is 1. The van der Waals surface area contributed by atoms with Gasteiger partial charge >= 0.3 is 5.97 Å². The Morgan fingerprint density at radius 1 is 1.25 bits per heavy atom. The summed E-state index contributed by atoms with van der Waals surface area (Å²) in [4.78, 5) is 13.9. The summed E-state index contributed by atoms with van der Waals surface area (Å²) in [5.74, 6) is 0.425. The minimum atomic E-state index is -0.584. The molecule has 0 aliphatic carbocycles. The molecule has 2 aliphatic rings. The topological polar surface area (TPSA) is 52.6 Å². The molecule has 2 heterocycles. The van der Waals surface area contributed by atoms with E-state index in [0.717, 1.165) is 45.1 Å². The van der Waals surface area contributed by atoms with Crippen molar-refractivity contribution in [3.63, 3.8) is 0 Å². The average molecular weight is 282 g/mol. The molecular formula is C16H30N2O2. The summed E-state index contributed by atoms with van der Waals surface area (Å²) >= 11 is 0. The van der Waals surface area contributed by atoms with Crippen LogP contribution in [0.4, 0.5) is 0 Å². The highest BCUT2D eigenvalue weighted by atomic mass is 16.4. The zero-order valence-electron chi connectivity index (χ0n) is 12.8. The lowest BCUT2D eigenvalue weighted by atomic mass is 9.91. The van der Waals surface area contributed by atoms with Gasteiger partial charge in [0.2, 0.25) is 0 Å². The molecule has 0 bridgehead atoms. The first-order chi connectivity index (χ1) is 9.70. The molecule has 2 N–H and O–H groups in total. The molecule has 116 valence electrons. The van der Waals surface area contributed by atoms with Gasteiger partial charge in [-0.15, -0.1) is 0 Å². The quantitative estimate of drug-likeness (QED) is 0.703. The molecule has 20 heavy (non-hydrogen) atoms. The van der Waals surface area contributed by atoms with Crippen LogP contribution in [0.5, 0.6) is 0 Å². The number of nitrogens with one attached hydrogen (secondary N) is 1. The second-order valence-corrected chi connectivity index (χ2v) is 6.61. The predicted octanol–water partition coefficient (Wildman–Crippen LogP) is 2.20. The van der Waals surface area contributed by atoms with Crippen molar-refractivity contribution in [2.24, 2.45) is 17.8 Å². The average Bonchev–Trinajstić information content (AvgIpc) is 2.83. The van der Waals surface area contributed by atoms with Crippen LogP contribution in [0.2, 0.25) is 0 Å². The van der Waals surface area contributed by atoms with Crippen molar-refractivity contribution in [1.29, 1.82) is 0 Å². The van der Waals surface area contributed by atoms with Crippen LogP contribution in [0.3, 0.4) is 0 Å². The van der Waals surface area contributed by atoms with Gasteiger partial charge in [0.1, 0.15) is 0 Å². The number of nitrogens with zero attached hydrogens (tertiary/aromatic N) is 1. The fourth-order valence-electron chi connectivity index (χ4n) is 3.77. The van der Waals surface area contributed by atoms with E-state index in [1.807, 2.05) is 0 Å². The molecule has 2 unspecified atom stereocenters. The van der Waals surface area contributed by atoms with Crippen molar-refractivity contribution in [3.05, 3.63) is 0 Å². The number of carbonyl (C=O) groups is 1. The fraction of sp³-hybridized carbons (Fsp3) is 0.938. The third kappa shape index (κ3) is 4.45. The zero-order chi connectivity index (χ0) is 14.4. The predicted molar refractivity (Wildman–Crippen MR) is 80.8 cm³/mol. The van der Waals surface area contributed by atoms with Gasteiger partial charge in [-0.2, -0.15) is 0 Å². The smallest absolute Gasteiger partial charge is 0.308 e. The lowest BCUT2D eigenvalue weighted by Gasteiger charge is -2.27. The second-order valence-electron chi connectivity index (χ2n) is 6.61. The summed E-state index contributed by atoms with van der Waals surface area (Å²) in [6, 6.07) is 0. The summed E-state index contributed by atoms with van der Waals surface area (Å²) in [7, 11) is 0. The lowest BCUT2D eigenvalue weighted by Crippen LogP contribution is -2.35. The maximum Gasteiger partial charge on any atom is 0.308 e. The highest BCUT2D eigenvalue weighted by molar-refractivity contribution is 5.71. The van der Waals surface area contributed by atoms with Crippen molar-refractivity contribution in [2.75, 3.05) is 32.7 Å². The first kappa shape index (κ1) is 15.8. The molecule has 0 spiro atoms. The van der Waals surface area contributed by atoms with Gasteiger partial charge in [0.05, 0.1) is 5.92 Å². The standard InChI is InChI=1S/C16H30N2O2/c1-2-3-4-5-14-11-18(12-15(14)16(19)20)10-13-6-8-17-9-7-13/h13-15,17H,2-12H2,1H3,(H,19,20). The number of unbranched alkanes of at least 4 members (excludes halogenated alkanes) is 2. The molecule has 4 nitrogen and oxygen atoms in total. The summed E-state index contributed by atoms with van der Waals surface area (Å²) in [6.07, 6.45) is 7.21. The van der Waals surface area contributed by atoms with Gasteiger partial charge in [-0.3, -0.25) is 4.79 Å². The van der Waals surface area contributed by atoms with Crippen LogP contribution in [0.15, 0.2) is 0 Å². The van der Waals surface area contributed by atoms with E-state index in [4.69, 9.17) is 0 Å². The number of hydrogen-bond donors (Lipinski definition) is 2. The van der Waals surface area contributed by atoms with Gasteiger partial charge in [-0.05, 0) is 44.2 Å². The highest BCUT2D eigenvalue weighted by Gasteiger charge is 2.37. The normalized spacial score (nSPS) is 28.9. The Morgan fingerprint density at radius 2 is 2.00 bits per heavy atom. The monoisotopic (exact) mass is 282 g/mol. The minimum absolute atomic E-state index is 0.131. The molecule has 4 heteroatoms. The van der Waals surface area contributed by atoms with E-state index in [1.165, 1.54) is 32.1 Å². The number of hydrogen-bond acceptors (Lipinski definition) is 3. The van der Waals surface area contributed by atoms with Crippen LogP contribution in [0, 0.1) is 17.8 Å². The molecule has 0 radical (unpaired) electrons. The van der Waals surface area contributed by atoms with Gasteiger partial charge in [0, 0.05) is 19.6 Å². The molecular weight excluding hydrogens is 252 g/mol. The third-order valence-electron chi connectivity index (χ3n) is 4.99. The fourth-order valence-corrected chi connectivity index (χ4v) is 3.77. The number of carboxylic acids is 1. The first-order valence-electron chi connectivity index (χ1n) is 8.36. The molecule has 0 aromatic carbocycles. The number of rotatable bonds is 7. The number of likely N-dealkylation sites (tertiary alicyclic amines) is 1. The van der Waals surface area contributed by atoms with Gasteiger partial charge in [0.15, 0.2) is 0 Å². The molecule has 2 atom stereocenters. The van der Waals surface area contributed by atoms with E-state index in [-0.39, 0.29) is 5.92 Å². The number of carboxylic acid groups (broad SMARTS) is 1. The minimum Gasteiger partial charge on any atom is -0.481 e. The molecule has 2 rings (SSSR count). The van der Waals surface area contributed by atoms with E-state index < -0.39 is 5.97 Å². The van der Waals surface area contributed by atoms with E-state index in [2.05, 4.69) is 17.1 Å². The maximum atomic E-state index is 11.4. The van der Waals surface area contributed by atoms with Gasteiger partial charge in [0.25, 0.3) is 0 Å². The van der Waals surface area contributed by atoms with E-state index in [9.17, 15) is 9.90 Å². The second kappa shape index (κ2) is 7.99. The third-order valence-corrected chi connectivity index (χ3v) is 4.99. The Bertz CT molecular complexity index is 303. The lowest BCUT2D eigenvalue weighted by molar-refractivity contribution is -0.142. The van der Waals surface area contributed by atoms with Gasteiger partial charge in [-0.25, -0.2) is 0 Å². The van der Waals surface area contributed by atoms with Gasteiger partial charge < -0.3 is 15.3 Å². The van der Waals surface area contributed by atoms with Crippen LogP contribution in [0.1, 0.15) is 45.4 Å². The maximum absolute atomic E-state index is 11.4. The summed E-state index contributed by atoms with van der Waals surface area (Å²) in [5.41, 5.74) is 0. The van der Waals surface area contributed by atoms with E-state index in [1.54, 1.807) is 0 Å². The van der Waals surface area contributed by atoms with E-state index in [0.29, 0.717) is 5.92 Å². The molecule has 0 aromatic heterocycles. The molecule has 2 aliphatic heterocycles. The molecule has 2 fully saturated rings. The van der Waals surface area contributed by atoms with Crippen LogP contribution >= 0.6 is 0 Å². The molecule has 0 saturated carbocycles. The van der Waals surface area contributed by atoms with Crippen LogP contribution in [-0.2, 0) is 4.79 Å². The largest absolute Gasteiger partial charge is 0.481 e. The first-order valence-corrected chi connectivity index (χ1v) is 8.36. The van der Waals surface area contributed by atoms with Crippen molar-refractivity contribution < 1.29 is 9.90 Å². The Morgan fingerprint density at radius 3 is 2.65 bits per heavy atom. The van der Waals surface area contributed by atoms with Gasteiger partial charge in [-0.1, -0.05) is 26.2 Å². The van der Waals surface area contributed by atoms with Crippen molar-refractivity contribution in [1.82, 2.24) is 10.2 Å². The Balaban J connectivity index is 1.81. The molecule has 2 saturated heterocycles. The van der Waals surface area contributed by atoms with E-state index >= 15 is 0 Å². The van der Waals surface area contributed by atoms with Crippen LogP contribution in [0.25, 0.3) is 0 Å². The summed E-state index contributed by atoms with van der Waals surface area (Å²) in [6.45, 7) is 7.34. The molecule has 0 aromatic rings. The Hall–Kier alpha value is -0.610. The molecule has 0 amide bonds. The summed E-state index contributed by atoms with van der Waals surface area (Å²) < 4.78 is 0. The summed E-state index contributed by atoms with van der Waals surface area (Å²) in [5, 5.41) is 12.8. The van der Waals surface area contributed by atoms with Crippen LogP contribution < -0.4 is 5.32 Å². The zero-order valence-corrected chi connectivity index (χ0v) is 12.8. The van der Waals surface area contributed by atoms with Crippen LogP contribution in [-0.4, -0.2) is 48.7 Å².